The predicted molar refractivity (Wildman–Crippen MR) is 61.6 cm³/mol. The minimum absolute atomic E-state index is 0.0291. The van der Waals surface area contributed by atoms with Crippen LogP contribution < -0.4 is 16.0 Å². The number of nitrogens with one attached hydrogen (secondary N) is 1. The van der Waals surface area contributed by atoms with Gasteiger partial charge in [-0.25, -0.2) is 4.98 Å². The SMILES string of the molecule is CCSCC(NN)c1nccnc1OC. The van der Waals surface area contributed by atoms with E-state index in [9.17, 15) is 0 Å². The van der Waals surface area contributed by atoms with Gasteiger partial charge < -0.3 is 4.74 Å². The van der Waals surface area contributed by atoms with E-state index in [1.807, 2.05) is 0 Å². The Morgan fingerprint density at radius 3 is 2.87 bits per heavy atom. The number of nitrogens with two attached hydrogens (primary N) is 1. The van der Waals surface area contributed by atoms with E-state index in [0.29, 0.717) is 5.88 Å². The molecule has 0 bridgehead atoms. The van der Waals surface area contributed by atoms with Crippen molar-refractivity contribution in [2.45, 2.75) is 13.0 Å². The average Bonchev–Trinajstić information content (AvgIpc) is 2.30. The van der Waals surface area contributed by atoms with Gasteiger partial charge in [0, 0.05) is 18.1 Å². The van der Waals surface area contributed by atoms with Crippen molar-refractivity contribution >= 4 is 11.8 Å². The number of nitrogens with zero attached hydrogens (tertiary/aromatic N) is 2. The first-order chi connectivity index (χ1) is 7.33. The summed E-state index contributed by atoms with van der Waals surface area (Å²) in [6, 6.07) is -0.0291. The summed E-state index contributed by atoms with van der Waals surface area (Å²) in [7, 11) is 1.58. The topological polar surface area (TPSA) is 73.1 Å². The van der Waals surface area contributed by atoms with Gasteiger partial charge in [0.25, 0.3) is 0 Å². The summed E-state index contributed by atoms with van der Waals surface area (Å²) in [5.41, 5.74) is 3.48. The second-order valence-electron chi connectivity index (χ2n) is 2.83. The predicted octanol–water partition coefficient (Wildman–Crippen LogP) is 0.743. The van der Waals surface area contributed by atoms with Crippen LogP contribution in [0.15, 0.2) is 12.4 Å². The molecule has 1 rings (SSSR count). The molecule has 0 radical (unpaired) electrons. The van der Waals surface area contributed by atoms with Crippen LogP contribution in [0.2, 0.25) is 0 Å². The summed E-state index contributed by atoms with van der Waals surface area (Å²) in [6.07, 6.45) is 3.24. The van der Waals surface area contributed by atoms with E-state index in [4.69, 9.17) is 10.6 Å². The molecule has 0 aliphatic heterocycles. The summed E-state index contributed by atoms with van der Waals surface area (Å²) < 4.78 is 5.13. The maximum atomic E-state index is 5.48. The van der Waals surface area contributed by atoms with Crippen LogP contribution in [-0.4, -0.2) is 28.6 Å². The molecule has 1 atom stereocenters. The first-order valence-electron chi connectivity index (χ1n) is 4.72. The second kappa shape index (κ2) is 6.60. The molecule has 0 amide bonds. The van der Waals surface area contributed by atoms with Gasteiger partial charge in [-0.3, -0.25) is 16.3 Å². The third kappa shape index (κ3) is 3.33. The van der Waals surface area contributed by atoms with Crippen LogP contribution >= 0.6 is 11.8 Å². The molecule has 0 saturated carbocycles. The van der Waals surface area contributed by atoms with Crippen LogP contribution in [0.1, 0.15) is 18.7 Å². The maximum Gasteiger partial charge on any atom is 0.237 e. The number of ether oxygens (including phenoxy) is 1. The summed E-state index contributed by atoms with van der Waals surface area (Å²) >= 11 is 1.79. The Balaban J connectivity index is 2.80. The smallest absolute Gasteiger partial charge is 0.237 e. The Morgan fingerprint density at radius 1 is 1.53 bits per heavy atom. The van der Waals surface area contributed by atoms with Crippen LogP contribution in [0.5, 0.6) is 5.88 Å². The monoisotopic (exact) mass is 228 g/mol. The zero-order valence-corrected chi connectivity index (χ0v) is 9.75. The van der Waals surface area contributed by atoms with Gasteiger partial charge >= 0.3 is 0 Å². The molecule has 0 fully saturated rings. The van der Waals surface area contributed by atoms with Crippen LogP contribution in [0.4, 0.5) is 0 Å². The number of thioether (sulfide) groups is 1. The van der Waals surface area contributed by atoms with Crippen LogP contribution in [-0.2, 0) is 0 Å². The number of rotatable bonds is 6. The minimum Gasteiger partial charge on any atom is -0.480 e. The van der Waals surface area contributed by atoms with Crippen molar-refractivity contribution in [2.24, 2.45) is 5.84 Å². The zero-order valence-electron chi connectivity index (χ0n) is 8.93. The van der Waals surface area contributed by atoms with E-state index in [0.717, 1.165) is 17.2 Å². The third-order valence-corrected chi connectivity index (χ3v) is 2.88. The van der Waals surface area contributed by atoms with E-state index in [1.54, 1.807) is 31.3 Å². The molecule has 15 heavy (non-hydrogen) atoms. The molecule has 6 heteroatoms. The van der Waals surface area contributed by atoms with E-state index in [2.05, 4.69) is 22.3 Å². The van der Waals surface area contributed by atoms with Crippen LogP contribution in [0.3, 0.4) is 0 Å². The highest BCUT2D eigenvalue weighted by Crippen LogP contribution is 2.22. The average molecular weight is 228 g/mol. The van der Waals surface area contributed by atoms with Gasteiger partial charge in [-0.15, -0.1) is 0 Å². The largest absolute Gasteiger partial charge is 0.480 e. The van der Waals surface area contributed by atoms with Crippen molar-refractivity contribution in [3.05, 3.63) is 18.1 Å². The normalized spacial score (nSPS) is 12.5. The van der Waals surface area contributed by atoms with E-state index in [1.165, 1.54) is 0 Å². The van der Waals surface area contributed by atoms with Gasteiger partial charge in [-0.05, 0) is 5.75 Å². The molecule has 3 N–H and O–H groups in total. The van der Waals surface area contributed by atoms with Gasteiger partial charge in [0.05, 0.1) is 13.2 Å². The third-order valence-electron chi connectivity index (χ3n) is 1.90. The highest BCUT2D eigenvalue weighted by molar-refractivity contribution is 7.99. The van der Waals surface area contributed by atoms with E-state index < -0.39 is 0 Å². The Bertz CT molecular complexity index is 297. The van der Waals surface area contributed by atoms with Crippen molar-refractivity contribution < 1.29 is 4.74 Å². The maximum absolute atomic E-state index is 5.48. The molecule has 1 heterocycles. The van der Waals surface area contributed by atoms with Crippen molar-refractivity contribution in [3.63, 3.8) is 0 Å². The first kappa shape index (κ1) is 12.2. The second-order valence-corrected chi connectivity index (χ2v) is 4.15. The molecular formula is C9H16N4OS. The number of methoxy groups -OCH3 is 1. The van der Waals surface area contributed by atoms with Crippen molar-refractivity contribution in [1.29, 1.82) is 0 Å². The van der Waals surface area contributed by atoms with Gasteiger partial charge in [0.1, 0.15) is 5.69 Å². The standard InChI is InChI=1S/C9H16N4OS/c1-3-15-6-7(13-10)8-9(14-2)12-5-4-11-8/h4-5,7,13H,3,6,10H2,1-2H3. The van der Waals surface area contributed by atoms with Gasteiger partial charge in [0.15, 0.2) is 0 Å². The quantitative estimate of drug-likeness (QED) is 0.553. The van der Waals surface area contributed by atoms with E-state index in [-0.39, 0.29) is 6.04 Å². The number of hydrogen-bond acceptors (Lipinski definition) is 6. The fraction of sp³-hybridized carbons (Fsp3) is 0.556. The fourth-order valence-corrected chi connectivity index (χ4v) is 1.90. The van der Waals surface area contributed by atoms with Crippen LogP contribution in [0, 0.1) is 0 Å². The van der Waals surface area contributed by atoms with Crippen LogP contribution in [0.25, 0.3) is 0 Å². The van der Waals surface area contributed by atoms with Crippen molar-refractivity contribution in [1.82, 2.24) is 15.4 Å². The molecule has 0 spiro atoms. The molecule has 0 aromatic carbocycles. The fourth-order valence-electron chi connectivity index (χ4n) is 1.17. The number of hydrazine groups is 1. The molecule has 5 nitrogen and oxygen atoms in total. The molecule has 1 unspecified atom stereocenters. The molecule has 84 valence electrons. The lowest BCUT2D eigenvalue weighted by molar-refractivity contribution is 0.381. The lowest BCUT2D eigenvalue weighted by Gasteiger charge is -2.16. The Hall–Kier alpha value is -0.850. The zero-order chi connectivity index (χ0) is 11.1. The molecule has 0 saturated heterocycles. The first-order valence-corrected chi connectivity index (χ1v) is 5.87. The highest BCUT2D eigenvalue weighted by atomic mass is 32.2. The highest BCUT2D eigenvalue weighted by Gasteiger charge is 2.16. The molecule has 0 aliphatic rings. The van der Waals surface area contributed by atoms with Gasteiger partial charge in [-0.1, -0.05) is 6.92 Å². The minimum atomic E-state index is -0.0291. The summed E-state index contributed by atoms with van der Waals surface area (Å²) in [6.45, 7) is 2.10. The van der Waals surface area contributed by atoms with Gasteiger partial charge in [0.2, 0.25) is 5.88 Å². The molecule has 0 aliphatic carbocycles. The summed E-state index contributed by atoms with van der Waals surface area (Å²) in [5.74, 6) is 7.90. The van der Waals surface area contributed by atoms with E-state index >= 15 is 0 Å². The molecule has 1 aromatic heterocycles. The van der Waals surface area contributed by atoms with Crippen molar-refractivity contribution in [3.8, 4) is 5.88 Å². The number of aromatic nitrogens is 2. The Morgan fingerprint density at radius 2 is 2.27 bits per heavy atom. The Labute approximate surface area is 93.8 Å². The van der Waals surface area contributed by atoms with Gasteiger partial charge in [-0.2, -0.15) is 11.8 Å². The lowest BCUT2D eigenvalue weighted by Crippen LogP contribution is -2.31. The number of hydrogen-bond donors (Lipinski definition) is 2. The molecule has 1 aromatic rings. The Kier molecular flexibility index (Phi) is 5.38. The summed E-state index contributed by atoms with van der Waals surface area (Å²) in [4.78, 5) is 8.31. The summed E-state index contributed by atoms with van der Waals surface area (Å²) in [5, 5.41) is 0. The molecular weight excluding hydrogens is 212 g/mol. The lowest BCUT2D eigenvalue weighted by atomic mass is 10.2. The van der Waals surface area contributed by atoms with Crippen molar-refractivity contribution in [2.75, 3.05) is 18.6 Å².